The van der Waals surface area contributed by atoms with Crippen molar-refractivity contribution in [3.05, 3.63) is 0 Å². The van der Waals surface area contributed by atoms with Crippen LogP contribution >= 0.6 is 0 Å². The van der Waals surface area contributed by atoms with Crippen molar-refractivity contribution >= 4 is 26.2 Å². The summed E-state index contributed by atoms with van der Waals surface area (Å²) in [5, 5.41) is 0. The van der Waals surface area contributed by atoms with Crippen LogP contribution < -0.4 is 0 Å². The van der Waals surface area contributed by atoms with Gasteiger partial charge in [0.05, 0.1) is 0 Å². The van der Waals surface area contributed by atoms with Gasteiger partial charge in [-0.2, -0.15) is 0 Å². The highest BCUT2D eigenvalue weighted by Gasteiger charge is 2.55. The fourth-order valence-electron chi connectivity index (χ4n) is 1.87. The van der Waals surface area contributed by atoms with Crippen molar-refractivity contribution in [3.8, 4) is 0 Å². The predicted octanol–water partition coefficient (Wildman–Crippen LogP) is 3.00. The van der Waals surface area contributed by atoms with Crippen molar-refractivity contribution in [2.75, 3.05) is 26.4 Å². The molecular formula is C12H32O6Si3. The molecule has 0 aliphatic carbocycles. The Labute approximate surface area is 133 Å². The van der Waals surface area contributed by atoms with Crippen molar-refractivity contribution in [3.63, 3.8) is 0 Å². The van der Waals surface area contributed by atoms with Gasteiger partial charge >= 0.3 is 17.9 Å². The van der Waals surface area contributed by atoms with Crippen LogP contribution in [0.15, 0.2) is 0 Å². The molecule has 6 nitrogen and oxygen atoms in total. The minimum absolute atomic E-state index is 0.454. The molecule has 0 heterocycles. The standard InChI is InChI=1S/C12H32O6Si3/c1-9-13-20(8,17-19(5,6)7)18-21(14-10-2,15-11-3)16-12-4/h9-12H2,1-8H3. The molecule has 0 N–H and O–H groups in total. The van der Waals surface area contributed by atoms with E-state index in [2.05, 4.69) is 19.6 Å². The highest BCUT2D eigenvalue weighted by atomic mass is 28.5. The Morgan fingerprint density at radius 3 is 1.24 bits per heavy atom. The van der Waals surface area contributed by atoms with Gasteiger partial charge in [-0.3, -0.25) is 0 Å². The van der Waals surface area contributed by atoms with Crippen LogP contribution in [-0.4, -0.2) is 52.6 Å². The third-order valence-electron chi connectivity index (χ3n) is 2.17. The molecule has 0 radical (unpaired) electrons. The van der Waals surface area contributed by atoms with Crippen LogP contribution in [0.2, 0.25) is 26.2 Å². The summed E-state index contributed by atoms with van der Waals surface area (Å²) >= 11 is 0. The summed E-state index contributed by atoms with van der Waals surface area (Å²) < 4.78 is 35.4. The van der Waals surface area contributed by atoms with E-state index in [0.29, 0.717) is 26.4 Å². The normalized spacial score (nSPS) is 16.0. The van der Waals surface area contributed by atoms with Crippen molar-refractivity contribution in [1.82, 2.24) is 0 Å². The van der Waals surface area contributed by atoms with Gasteiger partial charge in [-0.1, -0.05) is 0 Å². The van der Waals surface area contributed by atoms with E-state index >= 15 is 0 Å². The maximum atomic E-state index is 6.19. The lowest BCUT2D eigenvalue weighted by atomic mass is 10.9. The second-order valence-corrected chi connectivity index (χ2v) is 15.1. The minimum Gasteiger partial charge on any atom is -0.416 e. The molecule has 0 aromatic carbocycles. The quantitative estimate of drug-likeness (QED) is 0.501. The number of rotatable bonds is 12. The molecule has 0 amide bonds. The molecule has 1 unspecified atom stereocenters. The Hall–Kier alpha value is 0.411. The molecule has 0 aromatic rings. The van der Waals surface area contributed by atoms with Gasteiger partial charge in [0.1, 0.15) is 0 Å². The van der Waals surface area contributed by atoms with Crippen molar-refractivity contribution in [2.45, 2.75) is 53.9 Å². The van der Waals surface area contributed by atoms with Crippen LogP contribution in [0.3, 0.4) is 0 Å². The molecule has 0 spiro atoms. The van der Waals surface area contributed by atoms with Gasteiger partial charge in [0.25, 0.3) is 0 Å². The van der Waals surface area contributed by atoms with Crippen LogP contribution in [0.25, 0.3) is 0 Å². The lowest BCUT2D eigenvalue weighted by molar-refractivity contribution is -0.0127. The van der Waals surface area contributed by atoms with E-state index in [1.807, 2.05) is 34.2 Å². The summed E-state index contributed by atoms with van der Waals surface area (Å²) in [6.45, 7) is 17.7. The number of hydrogen-bond donors (Lipinski definition) is 0. The maximum absolute atomic E-state index is 6.19. The van der Waals surface area contributed by atoms with Gasteiger partial charge in [-0.15, -0.1) is 0 Å². The molecular weight excluding hydrogens is 324 g/mol. The predicted molar refractivity (Wildman–Crippen MR) is 89.4 cm³/mol. The molecule has 0 bridgehead atoms. The molecule has 128 valence electrons. The first-order valence-electron chi connectivity index (χ1n) is 7.62. The van der Waals surface area contributed by atoms with Crippen LogP contribution in [0.4, 0.5) is 0 Å². The molecule has 0 saturated carbocycles. The van der Waals surface area contributed by atoms with E-state index < -0.39 is 26.2 Å². The van der Waals surface area contributed by atoms with E-state index in [0.717, 1.165) is 0 Å². The first-order valence-corrected chi connectivity index (χ1v) is 14.9. The fourth-order valence-corrected chi connectivity index (χ4v) is 11.7. The minimum atomic E-state index is -3.23. The van der Waals surface area contributed by atoms with Crippen LogP contribution in [0.5, 0.6) is 0 Å². The van der Waals surface area contributed by atoms with Crippen LogP contribution in [0.1, 0.15) is 27.7 Å². The van der Waals surface area contributed by atoms with Gasteiger partial charge in [0, 0.05) is 33.0 Å². The second-order valence-electron chi connectivity index (χ2n) is 5.41. The Bertz CT molecular complexity index is 270. The maximum Gasteiger partial charge on any atom is 0.672 e. The first kappa shape index (κ1) is 21.4. The van der Waals surface area contributed by atoms with Gasteiger partial charge in [-0.05, 0) is 47.3 Å². The first-order chi connectivity index (χ1) is 9.66. The fraction of sp³-hybridized carbons (Fsp3) is 1.00. The Morgan fingerprint density at radius 1 is 0.571 bits per heavy atom. The van der Waals surface area contributed by atoms with Crippen LogP contribution in [-0.2, 0) is 25.9 Å². The van der Waals surface area contributed by atoms with E-state index in [1.54, 1.807) is 0 Å². The van der Waals surface area contributed by atoms with E-state index in [4.69, 9.17) is 25.9 Å². The zero-order valence-electron chi connectivity index (χ0n) is 14.8. The van der Waals surface area contributed by atoms with Gasteiger partial charge in [-0.25, -0.2) is 0 Å². The van der Waals surface area contributed by atoms with Crippen molar-refractivity contribution in [1.29, 1.82) is 0 Å². The van der Waals surface area contributed by atoms with Gasteiger partial charge < -0.3 is 25.9 Å². The lowest BCUT2D eigenvalue weighted by Gasteiger charge is -2.37. The summed E-state index contributed by atoms with van der Waals surface area (Å²) in [5.41, 5.74) is 0. The van der Waals surface area contributed by atoms with Crippen molar-refractivity contribution in [2.24, 2.45) is 0 Å². The average Bonchev–Trinajstić information content (AvgIpc) is 2.26. The van der Waals surface area contributed by atoms with E-state index in [9.17, 15) is 0 Å². The average molecular weight is 357 g/mol. The van der Waals surface area contributed by atoms with Gasteiger partial charge in [0.2, 0.25) is 0 Å². The molecule has 21 heavy (non-hydrogen) atoms. The third-order valence-corrected chi connectivity index (χ3v) is 11.3. The molecule has 0 aromatic heterocycles. The SMILES string of the molecule is CCO[Si](C)(O[Si](C)(C)C)O[Si](OCC)(OCC)OCC. The highest BCUT2D eigenvalue weighted by molar-refractivity contribution is 6.82. The monoisotopic (exact) mass is 356 g/mol. The Kier molecular flexibility index (Phi) is 9.71. The summed E-state index contributed by atoms with van der Waals surface area (Å²) in [5.74, 6) is 0. The smallest absolute Gasteiger partial charge is 0.416 e. The largest absolute Gasteiger partial charge is 0.672 e. The zero-order valence-corrected chi connectivity index (χ0v) is 17.8. The number of hydrogen-bond acceptors (Lipinski definition) is 6. The Morgan fingerprint density at radius 2 is 0.952 bits per heavy atom. The molecule has 0 aliphatic heterocycles. The summed E-state index contributed by atoms with van der Waals surface area (Å²) in [6, 6.07) is 0. The third kappa shape index (κ3) is 8.57. The molecule has 0 rings (SSSR count). The Balaban J connectivity index is 5.26. The second kappa shape index (κ2) is 9.53. The van der Waals surface area contributed by atoms with Crippen molar-refractivity contribution < 1.29 is 25.9 Å². The summed E-state index contributed by atoms with van der Waals surface area (Å²) in [4.78, 5) is 0. The molecule has 0 fully saturated rings. The molecule has 0 saturated heterocycles. The van der Waals surface area contributed by atoms with Crippen LogP contribution in [0, 0.1) is 0 Å². The highest BCUT2D eigenvalue weighted by Crippen LogP contribution is 2.24. The summed E-state index contributed by atoms with van der Waals surface area (Å²) in [7, 11) is -7.95. The molecule has 9 heteroatoms. The zero-order chi connectivity index (χ0) is 16.6. The van der Waals surface area contributed by atoms with Gasteiger partial charge in [0.15, 0.2) is 8.32 Å². The molecule has 1 atom stereocenters. The lowest BCUT2D eigenvalue weighted by Crippen LogP contribution is -2.61. The van der Waals surface area contributed by atoms with E-state index in [1.165, 1.54) is 0 Å². The topological polar surface area (TPSA) is 55.4 Å². The molecule has 0 aliphatic rings. The van der Waals surface area contributed by atoms with E-state index in [-0.39, 0.29) is 0 Å². The summed E-state index contributed by atoms with van der Waals surface area (Å²) in [6.07, 6.45) is 0.